The fourth-order valence-electron chi connectivity index (χ4n) is 2.46. The first-order valence-electron chi connectivity index (χ1n) is 6.34. The quantitative estimate of drug-likeness (QED) is 0.673. The van der Waals surface area contributed by atoms with Gasteiger partial charge in [-0.15, -0.1) is 0 Å². The third kappa shape index (κ3) is 2.85. The van der Waals surface area contributed by atoms with Crippen LogP contribution in [-0.2, 0) is 13.5 Å². The number of hydrogen-bond donors (Lipinski definition) is 2. The molecule has 0 aliphatic carbocycles. The average molecular weight is 297 g/mol. The summed E-state index contributed by atoms with van der Waals surface area (Å²) >= 11 is 5.92. The first kappa shape index (κ1) is 15.0. The van der Waals surface area contributed by atoms with E-state index >= 15 is 0 Å². The number of hydrogen-bond acceptors (Lipinski definition) is 3. The molecule has 0 aliphatic rings. The van der Waals surface area contributed by atoms with Gasteiger partial charge in [0.05, 0.1) is 11.7 Å². The van der Waals surface area contributed by atoms with Crippen molar-refractivity contribution in [2.75, 3.05) is 0 Å². The van der Waals surface area contributed by atoms with E-state index in [0.717, 1.165) is 17.0 Å². The van der Waals surface area contributed by atoms with Crippen LogP contribution in [0.1, 0.15) is 28.6 Å². The second-order valence-electron chi connectivity index (χ2n) is 4.87. The van der Waals surface area contributed by atoms with Crippen molar-refractivity contribution in [3.8, 4) is 0 Å². The number of halogens is 2. The molecule has 1 aromatic heterocycles. The first-order chi connectivity index (χ1) is 9.43. The third-order valence-electron chi connectivity index (χ3n) is 3.55. The summed E-state index contributed by atoms with van der Waals surface area (Å²) in [6, 6.07) is 4.32. The Morgan fingerprint density at radius 3 is 2.70 bits per heavy atom. The van der Waals surface area contributed by atoms with Crippen LogP contribution in [0.4, 0.5) is 4.39 Å². The maximum absolute atomic E-state index is 13.8. The van der Waals surface area contributed by atoms with Crippen molar-refractivity contribution in [2.45, 2.75) is 26.3 Å². The van der Waals surface area contributed by atoms with Crippen molar-refractivity contribution in [3.05, 3.63) is 51.6 Å². The van der Waals surface area contributed by atoms with Gasteiger partial charge in [0.2, 0.25) is 0 Å². The van der Waals surface area contributed by atoms with Gasteiger partial charge in [-0.3, -0.25) is 16.0 Å². The topological polar surface area (TPSA) is 55.9 Å². The van der Waals surface area contributed by atoms with E-state index in [1.54, 1.807) is 10.7 Å². The molecular weight excluding hydrogens is 279 g/mol. The van der Waals surface area contributed by atoms with E-state index in [1.807, 2.05) is 20.9 Å². The minimum Gasteiger partial charge on any atom is -0.272 e. The van der Waals surface area contributed by atoms with Crippen LogP contribution in [0.15, 0.2) is 18.2 Å². The van der Waals surface area contributed by atoms with E-state index in [2.05, 4.69) is 10.5 Å². The standard InChI is InChI=1S/C14H18ClFN4/c1-8-14(9(2)20(3)19-8)13(18-17)7-10-6-11(15)4-5-12(10)16/h4-6,13,18H,7,17H2,1-3H3. The predicted octanol–water partition coefficient (Wildman–Crippen LogP) is 2.58. The molecule has 0 saturated heterocycles. The van der Waals surface area contributed by atoms with Gasteiger partial charge < -0.3 is 0 Å². The monoisotopic (exact) mass is 296 g/mol. The zero-order valence-corrected chi connectivity index (χ0v) is 12.5. The summed E-state index contributed by atoms with van der Waals surface area (Å²) in [7, 11) is 1.87. The number of aromatic nitrogens is 2. The second-order valence-corrected chi connectivity index (χ2v) is 5.30. The summed E-state index contributed by atoms with van der Waals surface area (Å²) in [6.07, 6.45) is 0.413. The Hall–Kier alpha value is -1.43. The number of nitrogens with two attached hydrogens (primary N) is 1. The molecule has 0 amide bonds. The summed E-state index contributed by atoms with van der Waals surface area (Å²) in [4.78, 5) is 0. The lowest BCUT2D eigenvalue weighted by Crippen LogP contribution is -2.30. The van der Waals surface area contributed by atoms with Crippen LogP contribution < -0.4 is 11.3 Å². The van der Waals surface area contributed by atoms with Crippen molar-refractivity contribution in [2.24, 2.45) is 12.9 Å². The number of hydrazine groups is 1. The molecule has 0 spiro atoms. The van der Waals surface area contributed by atoms with Crippen LogP contribution in [0.3, 0.4) is 0 Å². The highest BCUT2D eigenvalue weighted by Gasteiger charge is 2.20. The number of nitrogens with zero attached hydrogens (tertiary/aromatic N) is 2. The maximum atomic E-state index is 13.8. The summed E-state index contributed by atoms with van der Waals surface area (Å²) in [6.45, 7) is 3.88. The summed E-state index contributed by atoms with van der Waals surface area (Å²) in [5, 5.41) is 4.87. The fourth-order valence-corrected chi connectivity index (χ4v) is 2.65. The van der Waals surface area contributed by atoms with E-state index in [1.165, 1.54) is 12.1 Å². The van der Waals surface area contributed by atoms with Gasteiger partial charge in [-0.2, -0.15) is 5.10 Å². The molecule has 20 heavy (non-hydrogen) atoms. The Bertz CT molecular complexity index is 624. The van der Waals surface area contributed by atoms with Gasteiger partial charge >= 0.3 is 0 Å². The van der Waals surface area contributed by atoms with Gasteiger partial charge in [0, 0.05) is 23.3 Å². The fraction of sp³-hybridized carbons (Fsp3) is 0.357. The van der Waals surface area contributed by atoms with Crippen molar-refractivity contribution in [3.63, 3.8) is 0 Å². The Morgan fingerprint density at radius 2 is 2.15 bits per heavy atom. The van der Waals surface area contributed by atoms with Crippen molar-refractivity contribution >= 4 is 11.6 Å². The second kappa shape index (κ2) is 5.91. The minimum atomic E-state index is -0.283. The SMILES string of the molecule is Cc1nn(C)c(C)c1C(Cc1cc(Cl)ccc1F)NN. The van der Waals surface area contributed by atoms with Gasteiger partial charge in [-0.05, 0) is 44.0 Å². The van der Waals surface area contributed by atoms with E-state index in [-0.39, 0.29) is 11.9 Å². The van der Waals surface area contributed by atoms with Crippen LogP contribution in [-0.4, -0.2) is 9.78 Å². The van der Waals surface area contributed by atoms with E-state index < -0.39 is 0 Å². The highest BCUT2D eigenvalue weighted by Crippen LogP contribution is 2.26. The van der Waals surface area contributed by atoms with Gasteiger partial charge in [0.1, 0.15) is 5.82 Å². The molecule has 1 unspecified atom stereocenters. The molecule has 0 radical (unpaired) electrons. The predicted molar refractivity (Wildman–Crippen MR) is 77.9 cm³/mol. The smallest absolute Gasteiger partial charge is 0.126 e. The molecule has 1 heterocycles. The lowest BCUT2D eigenvalue weighted by atomic mass is 9.97. The highest BCUT2D eigenvalue weighted by atomic mass is 35.5. The normalized spacial score (nSPS) is 12.7. The minimum absolute atomic E-state index is 0.211. The number of nitrogens with one attached hydrogen (secondary N) is 1. The highest BCUT2D eigenvalue weighted by molar-refractivity contribution is 6.30. The lowest BCUT2D eigenvalue weighted by Gasteiger charge is -2.17. The largest absolute Gasteiger partial charge is 0.272 e. The van der Waals surface area contributed by atoms with Crippen LogP contribution in [0.25, 0.3) is 0 Å². The van der Waals surface area contributed by atoms with Crippen LogP contribution in [0.5, 0.6) is 0 Å². The molecular formula is C14H18ClFN4. The van der Waals surface area contributed by atoms with Gasteiger partial charge in [0.25, 0.3) is 0 Å². The molecule has 1 aromatic carbocycles. The molecule has 0 bridgehead atoms. The van der Waals surface area contributed by atoms with E-state index in [0.29, 0.717) is 17.0 Å². The molecule has 4 nitrogen and oxygen atoms in total. The summed E-state index contributed by atoms with van der Waals surface area (Å²) < 4.78 is 15.6. The molecule has 108 valence electrons. The maximum Gasteiger partial charge on any atom is 0.126 e. The van der Waals surface area contributed by atoms with Crippen LogP contribution in [0.2, 0.25) is 5.02 Å². The van der Waals surface area contributed by atoms with Crippen LogP contribution >= 0.6 is 11.6 Å². The molecule has 0 fully saturated rings. The Balaban J connectivity index is 2.36. The van der Waals surface area contributed by atoms with Crippen molar-refractivity contribution in [1.82, 2.24) is 15.2 Å². The van der Waals surface area contributed by atoms with Crippen molar-refractivity contribution < 1.29 is 4.39 Å². The average Bonchev–Trinajstić information content (AvgIpc) is 2.65. The van der Waals surface area contributed by atoms with Gasteiger partial charge in [-0.1, -0.05) is 11.6 Å². The molecule has 0 saturated carbocycles. The molecule has 3 N–H and O–H groups in total. The molecule has 0 aliphatic heterocycles. The number of rotatable bonds is 4. The van der Waals surface area contributed by atoms with Crippen molar-refractivity contribution in [1.29, 1.82) is 0 Å². The Morgan fingerprint density at radius 1 is 1.45 bits per heavy atom. The van der Waals surface area contributed by atoms with Gasteiger partial charge in [0.15, 0.2) is 0 Å². The number of aryl methyl sites for hydroxylation is 2. The summed E-state index contributed by atoms with van der Waals surface area (Å²) in [5.41, 5.74) is 6.16. The molecule has 2 aromatic rings. The molecule has 2 rings (SSSR count). The van der Waals surface area contributed by atoms with E-state index in [9.17, 15) is 4.39 Å². The molecule has 1 atom stereocenters. The zero-order valence-electron chi connectivity index (χ0n) is 11.7. The van der Waals surface area contributed by atoms with Crippen LogP contribution in [0, 0.1) is 19.7 Å². The lowest BCUT2D eigenvalue weighted by molar-refractivity contribution is 0.524. The Kier molecular flexibility index (Phi) is 4.42. The molecule has 6 heteroatoms. The van der Waals surface area contributed by atoms with E-state index in [4.69, 9.17) is 17.4 Å². The van der Waals surface area contributed by atoms with Gasteiger partial charge in [-0.25, -0.2) is 4.39 Å². The summed E-state index contributed by atoms with van der Waals surface area (Å²) in [5.74, 6) is 5.36. The third-order valence-corrected chi connectivity index (χ3v) is 3.78. The Labute approximate surface area is 122 Å². The first-order valence-corrected chi connectivity index (χ1v) is 6.72. The number of benzene rings is 1. The zero-order chi connectivity index (χ0) is 14.9.